The first-order valence-corrected chi connectivity index (χ1v) is 9.30. The Morgan fingerprint density at radius 2 is 1.88 bits per heavy atom. The Morgan fingerprint density at radius 1 is 1.19 bits per heavy atom. The summed E-state index contributed by atoms with van der Waals surface area (Å²) in [7, 11) is 3.55. The minimum atomic E-state index is -0.281. The lowest BCUT2D eigenvalue weighted by molar-refractivity contribution is -0.120. The van der Waals surface area contributed by atoms with Gasteiger partial charge < -0.3 is 14.8 Å². The molecule has 0 aromatic heterocycles. The molecule has 26 heavy (non-hydrogen) atoms. The molecule has 0 heterocycles. The quantitative estimate of drug-likeness (QED) is 0.690. The van der Waals surface area contributed by atoms with Crippen LogP contribution in [0.2, 0.25) is 0 Å². The SMILES string of the molecule is CCOc1ccc(CN(C)[C@@H](C)C(=O)Nc2ccc(Br)cc2)cc1OC. The highest BCUT2D eigenvalue weighted by Gasteiger charge is 2.19. The van der Waals surface area contributed by atoms with Crippen LogP contribution >= 0.6 is 15.9 Å². The topological polar surface area (TPSA) is 50.8 Å². The van der Waals surface area contributed by atoms with Gasteiger partial charge in [0.15, 0.2) is 11.5 Å². The molecule has 0 aliphatic rings. The number of hydrogen-bond donors (Lipinski definition) is 1. The molecular formula is C20H25BrN2O3. The van der Waals surface area contributed by atoms with Gasteiger partial charge in [-0.25, -0.2) is 0 Å². The number of amides is 1. The number of likely N-dealkylation sites (N-methyl/N-ethyl adjacent to an activating group) is 1. The van der Waals surface area contributed by atoms with Crippen LogP contribution in [0.5, 0.6) is 11.5 Å². The van der Waals surface area contributed by atoms with Gasteiger partial charge in [-0.05, 0) is 62.9 Å². The van der Waals surface area contributed by atoms with E-state index in [1.807, 2.05) is 68.3 Å². The van der Waals surface area contributed by atoms with Gasteiger partial charge in [0.1, 0.15) is 0 Å². The molecule has 1 amide bonds. The molecule has 1 atom stereocenters. The Labute approximate surface area is 163 Å². The Bertz CT molecular complexity index is 734. The van der Waals surface area contributed by atoms with Crippen LogP contribution in [0.25, 0.3) is 0 Å². The second-order valence-electron chi connectivity index (χ2n) is 6.01. The molecule has 6 heteroatoms. The van der Waals surface area contributed by atoms with Crippen molar-refractivity contribution in [1.82, 2.24) is 4.90 Å². The summed E-state index contributed by atoms with van der Waals surface area (Å²) >= 11 is 3.39. The number of anilines is 1. The number of ether oxygens (including phenoxy) is 2. The van der Waals surface area contributed by atoms with Crippen LogP contribution < -0.4 is 14.8 Å². The second kappa shape index (κ2) is 9.59. The third-order valence-electron chi connectivity index (χ3n) is 4.11. The van der Waals surface area contributed by atoms with Gasteiger partial charge >= 0.3 is 0 Å². The number of nitrogens with one attached hydrogen (secondary N) is 1. The van der Waals surface area contributed by atoms with Crippen molar-refractivity contribution in [2.24, 2.45) is 0 Å². The maximum Gasteiger partial charge on any atom is 0.241 e. The third kappa shape index (κ3) is 5.47. The van der Waals surface area contributed by atoms with Crippen molar-refractivity contribution >= 4 is 27.5 Å². The number of halogens is 1. The molecule has 0 aliphatic carbocycles. The molecule has 1 N–H and O–H groups in total. The molecule has 0 bridgehead atoms. The zero-order valence-electron chi connectivity index (χ0n) is 15.6. The van der Waals surface area contributed by atoms with E-state index >= 15 is 0 Å². The fraction of sp³-hybridized carbons (Fsp3) is 0.350. The fourth-order valence-electron chi connectivity index (χ4n) is 2.49. The molecule has 0 aliphatic heterocycles. The first-order chi connectivity index (χ1) is 12.4. The van der Waals surface area contributed by atoms with Gasteiger partial charge in [-0.3, -0.25) is 9.69 Å². The van der Waals surface area contributed by atoms with Crippen LogP contribution in [0, 0.1) is 0 Å². The van der Waals surface area contributed by atoms with Crippen molar-refractivity contribution in [3.63, 3.8) is 0 Å². The number of carbonyl (C=O) groups is 1. The van der Waals surface area contributed by atoms with Crippen molar-refractivity contribution in [2.75, 3.05) is 26.1 Å². The van der Waals surface area contributed by atoms with Crippen molar-refractivity contribution in [1.29, 1.82) is 0 Å². The molecule has 2 aromatic rings. The normalized spacial score (nSPS) is 11.9. The van der Waals surface area contributed by atoms with Crippen molar-refractivity contribution in [3.8, 4) is 11.5 Å². The molecule has 0 unspecified atom stereocenters. The second-order valence-corrected chi connectivity index (χ2v) is 6.92. The lowest BCUT2D eigenvalue weighted by Crippen LogP contribution is -2.39. The van der Waals surface area contributed by atoms with Crippen LogP contribution in [-0.2, 0) is 11.3 Å². The van der Waals surface area contributed by atoms with Gasteiger partial charge in [0.05, 0.1) is 19.8 Å². The average Bonchev–Trinajstić information content (AvgIpc) is 2.64. The molecule has 2 aromatic carbocycles. The van der Waals surface area contributed by atoms with Gasteiger partial charge in [0.25, 0.3) is 0 Å². The van der Waals surface area contributed by atoms with Crippen LogP contribution in [0.3, 0.4) is 0 Å². The molecular weight excluding hydrogens is 396 g/mol. The van der Waals surface area contributed by atoms with E-state index < -0.39 is 0 Å². The molecule has 0 saturated carbocycles. The van der Waals surface area contributed by atoms with Crippen LogP contribution in [-0.4, -0.2) is 37.6 Å². The highest BCUT2D eigenvalue weighted by atomic mass is 79.9. The number of methoxy groups -OCH3 is 1. The monoisotopic (exact) mass is 420 g/mol. The summed E-state index contributed by atoms with van der Waals surface area (Å²) in [6, 6.07) is 13.1. The Hall–Kier alpha value is -2.05. The molecule has 0 radical (unpaired) electrons. The summed E-state index contributed by atoms with van der Waals surface area (Å²) in [5, 5.41) is 2.94. The number of rotatable bonds is 8. The van der Waals surface area contributed by atoms with E-state index in [2.05, 4.69) is 21.2 Å². The van der Waals surface area contributed by atoms with E-state index in [0.29, 0.717) is 18.9 Å². The van der Waals surface area contributed by atoms with Crippen molar-refractivity contribution in [2.45, 2.75) is 26.4 Å². The third-order valence-corrected chi connectivity index (χ3v) is 4.64. The summed E-state index contributed by atoms with van der Waals surface area (Å²) in [5.74, 6) is 1.37. The van der Waals surface area contributed by atoms with E-state index in [0.717, 1.165) is 21.5 Å². The zero-order chi connectivity index (χ0) is 19.1. The Balaban J connectivity index is 2.00. The highest BCUT2D eigenvalue weighted by molar-refractivity contribution is 9.10. The van der Waals surface area contributed by atoms with Gasteiger partial charge in [-0.15, -0.1) is 0 Å². The highest BCUT2D eigenvalue weighted by Crippen LogP contribution is 2.28. The summed E-state index contributed by atoms with van der Waals surface area (Å²) < 4.78 is 11.9. The van der Waals surface area contributed by atoms with E-state index in [1.54, 1.807) is 7.11 Å². The van der Waals surface area contributed by atoms with E-state index in [4.69, 9.17) is 9.47 Å². The smallest absolute Gasteiger partial charge is 0.241 e. The number of benzene rings is 2. The number of hydrogen-bond acceptors (Lipinski definition) is 4. The lowest BCUT2D eigenvalue weighted by Gasteiger charge is -2.24. The van der Waals surface area contributed by atoms with Crippen LogP contribution in [0.4, 0.5) is 5.69 Å². The molecule has 0 fully saturated rings. The van der Waals surface area contributed by atoms with Crippen molar-refractivity contribution in [3.05, 3.63) is 52.5 Å². The molecule has 140 valence electrons. The van der Waals surface area contributed by atoms with E-state index in [-0.39, 0.29) is 11.9 Å². The van der Waals surface area contributed by atoms with Crippen molar-refractivity contribution < 1.29 is 14.3 Å². The predicted molar refractivity (Wildman–Crippen MR) is 108 cm³/mol. The van der Waals surface area contributed by atoms with Gasteiger partial charge in [-0.2, -0.15) is 0 Å². The Kier molecular flexibility index (Phi) is 7.48. The first-order valence-electron chi connectivity index (χ1n) is 8.51. The first kappa shape index (κ1) is 20.3. The lowest BCUT2D eigenvalue weighted by atomic mass is 10.1. The molecule has 0 spiro atoms. The van der Waals surface area contributed by atoms with E-state index in [9.17, 15) is 4.79 Å². The van der Waals surface area contributed by atoms with E-state index in [1.165, 1.54) is 0 Å². The maximum atomic E-state index is 12.5. The Morgan fingerprint density at radius 3 is 2.50 bits per heavy atom. The van der Waals surface area contributed by atoms with Gasteiger partial charge in [0.2, 0.25) is 5.91 Å². The van der Waals surface area contributed by atoms with Gasteiger partial charge in [0, 0.05) is 16.7 Å². The summed E-state index contributed by atoms with van der Waals surface area (Å²) in [5.41, 5.74) is 1.83. The minimum absolute atomic E-state index is 0.0484. The predicted octanol–water partition coefficient (Wildman–Crippen LogP) is 4.32. The molecule has 2 rings (SSSR count). The molecule has 0 saturated heterocycles. The maximum absolute atomic E-state index is 12.5. The summed E-state index contributed by atoms with van der Waals surface area (Å²) in [6.07, 6.45) is 0. The van der Waals surface area contributed by atoms with Crippen LogP contribution in [0.15, 0.2) is 46.9 Å². The minimum Gasteiger partial charge on any atom is -0.493 e. The molecule has 5 nitrogen and oxygen atoms in total. The summed E-state index contributed by atoms with van der Waals surface area (Å²) in [4.78, 5) is 14.5. The average molecular weight is 421 g/mol. The largest absolute Gasteiger partial charge is 0.493 e. The zero-order valence-corrected chi connectivity index (χ0v) is 17.2. The summed E-state index contributed by atoms with van der Waals surface area (Å²) in [6.45, 7) is 5.04. The van der Waals surface area contributed by atoms with Crippen LogP contribution in [0.1, 0.15) is 19.4 Å². The number of carbonyl (C=O) groups excluding carboxylic acids is 1. The number of nitrogens with zero attached hydrogens (tertiary/aromatic N) is 1. The fourth-order valence-corrected chi connectivity index (χ4v) is 2.75. The van der Waals surface area contributed by atoms with Gasteiger partial charge in [-0.1, -0.05) is 22.0 Å². The standard InChI is InChI=1S/C20H25BrN2O3/c1-5-26-18-11-6-15(12-19(18)25-4)13-23(3)14(2)20(24)22-17-9-7-16(21)8-10-17/h6-12,14H,5,13H2,1-4H3,(H,22,24)/t14-/m0/s1.